The summed E-state index contributed by atoms with van der Waals surface area (Å²) in [6, 6.07) is 16.3. The number of amides is 2. The fourth-order valence-electron chi connectivity index (χ4n) is 1.80. The topological polar surface area (TPSA) is 58.2 Å². The van der Waals surface area contributed by atoms with Gasteiger partial charge in [-0.3, -0.25) is 20.4 Å². The predicted octanol–water partition coefficient (Wildman–Crippen LogP) is 3.67. The molecule has 0 saturated carbocycles. The second-order valence-corrected chi connectivity index (χ2v) is 6.38. The molecule has 0 radical (unpaired) electrons. The Hall–Kier alpha value is -1.98. The number of benzene rings is 2. The molecule has 2 amide bonds. The van der Waals surface area contributed by atoms with Gasteiger partial charge in [0.2, 0.25) is 5.91 Å². The van der Waals surface area contributed by atoms with Crippen LogP contribution in [-0.4, -0.2) is 17.6 Å². The van der Waals surface area contributed by atoms with E-state index in [4.69, 9.17) is 11.6 Å². The van der Waals surface area contributed by atoms with Crippen LogP contribution in [0.5, 0.6) is 0 Å². The van der Waals surface area contributed by atoms with Crippen molar-refractivity contribution in [2.24, 2.45) is 0 Å². The van der Waals surface area contributed by atoms with E-state index >= 15 is 0 Å². The lowest BCUT2D eigenvalue weighted by Crippen LogP contribution is -2.41. The molecule has 6 heteroatoms. The van der Waals surface area contributed by atoms with Gasteiger partial charge in [-0.1, -0.05) is 29.8 Å². The Kier molecular flexibility index (Phi) is 6.97. The first-order chi connectivity index (χ1) is 11.1. The number of hydrogen-bond donors (Lipinski definition) is 2. The molecule has 0 aliphatic rings. The first kappa shape index (κ1) is 17.4. The van der Waals surface area contributed by atoms with Crippen molar-refractivity contribution < 1.29 is 9.59 Å². The van der Waals surface area contributed by atoms with E-state index in [2.05, 4.69) is 10.9 Å². The largest absolute Gasteiger partial charge is 0.273 e. The molecule has 0 fully saturated rings. The Morgan fingerprint density at radius 1 is 0.957 bits per heavy atom. The molecule has 0 saturated heterocycles. The third-order valence-corrected chi connectivity index (χ3v) is 4.33. The minimum absolute atomic E-state index is 0.203. The third kappa shape index (κ3) is 6.34. The summed E-state index contributed by atoms with van der Waals surface area (Å²) >= 11 is 7.49. The first-order valence-corrected chi connectivity index (χ1v) is 8.54. The lowest BCUT2D eigenvalue weighted by Gasteiger charge is -2.07. The van der Waals surface area contributed by atoms with Gasteiger partial charge in [-0.25, -0.2) is 0 Å². The molecule has 0 bridgehead atoms. The highest BCUT2D eigenvalue weighted by molar-refractivity contribution is 7.99. The maximum Gasteiger partial charge on any atom is 0.269 e. The number of carbonyl (C=O) groups excluding carboxylic acids is 2. The van der Waals surface area contributed by atoms with Crippen LogP contribution < -0.4 is 10.9 Å². The van der Waals surface area contributed by atoms with Crippen molar-refractivity contribution in [2.45, 2.75) is 17.7 Å². The monoisotopic (exact) mass is 348 g/mol. The molecule has 23 heavy (non-hydrogen) atoms. The Labute approximate surface area is 144 Å². The smallest absolute Gasteiger partial charge is 0.269 e. The standard InChI is InChI=1S/C17H17ClN2O2S/c18-14-8-10-15(11-9-14)23-12-4-7-16(21)19-20-17(22)13-5-2-1-3-6-13/h1-3,5-6,8-11H,4,7,12H2,(H,19,21)(H,20,22). The highest BCUT2D eigenvalue weighted by Crippen LogP contribution is 2.21. The van der Waals surface area contributed by atoms with E-state index in [1.54, 1.807) is 36.0 Å². The van der Waals surface area contributed by atoms with Crippen molar-refractivity contribution in [2.75, 3.05) is 5.75 Å². The van der Waals surface area contributed by atoms with E-state index < -0.39 is 0 Å². The predicted molar refractivity (Wildman–Crippen MR) is 93.5 cm³/mol. The summed E-state index contributed by atoms with van der Waals surface area (Å²) in [6.07, 6.45) is 1.08. The minimum atomic E-state index is -0.325. The summed E-state index contributed by atoms with van der Waals surface area (Å²) < 4.78 is 0. The molecule has 0 aliphatic heterocycles. The summed E-state index contributed by atoms with van der Waals surface area (Å²) in [5.74, 6) is 0.294. The van der Waals surface area contributed by atoms with Gasteiger partial charge in [0.1, 0.15) is 0 Å². The summed E-state index contributed by atoms with van der Waals surface area (Å²) in [5, 5.41) is 0.711. The molecule has 0 aliphatic carbocycles. The van der Waals surface area contributed by atoms with E-state index in [1.807, 2.05) is 30.3 Å². The van der Waals surface area contributed by atoms with Crippen LogP contribution in [-0.2, 0) is 4.79 Å². The molecule has 120 valence electrons. The molecule has 0 unspecified atom stereocenters. The Bertz CT molecular complexity index is 647. The molecule has 2 rings (SSSR count). The number of thioether (sulfide) groups is 1. The van der Waals surface area contributed by atoms with Crippen LogP contribution in [0.3, 0.4) is 0 Å². The molecule has 0 spiro atoms. The van der Waals surface area contributed by atoms with E-state index in [0.717, 1.165) is 17.1 Å². The zero-order valence-electron chi connectivity index (χ0n) is 12.4. The van der Waals surface area contributed by atoms with E-state index in [-0.39, 0.29) is 11.8 Å². The molecular weight excluding hydrogens is 332 g/mol. The Balaban J connectivity index is 1.62. The summed E-state index contributed by atoms with van der Waals surface area (Å²) in [6.45, 7) is 0. The molecule has 0 atom stereocenters. The lowest BCUT2D eigenvalue weighted by molar-refractivity contribution is -0.121. The average Bonchev–Trinajstić information content (AvgIpc) is 2.59. The van der Waals surface area contributed by atoms with Crippen molar-refractivity contribution in [3.8, 4) is 0 Å². The van der Waals surface area contributed by atoms with Crippen molar-refractivity contribution in [1.82, 2.24) is 10.9 Å². The van der Waals surface area contributed by atoms with Gasteiger partial charge in [0, 0.05) is 21.9 Å². The number of hydrogen-bond acceptors (Lipinski definition) is 3. The quantitative estimate of drug-likeness (QED) is 0.475. The van der Waals surface area contributed by atoms with Crippen molar-refractivity contribution in [3.63, 3.8) is 0 Å². The number of rotatable bonds is 6. The minimum Gasteiger partial charge on any atom is -0.273 e. The van der Waals surface area contributed by atoms with Crippen LogP contribution in [0.15, 0.2) is 59.5 Å². The fourth-order valence-corrected chi connectivity index (χ4v) is 2.78. The van der Waals surface area contributed by atoms with Crippen molar-refractivity contribution >= 4 is 35.2 Å². The molecule has 0 aromatic heterocycles. The maximum absolute atomic E-state index is 11.8. The number of nitrogens with one attached hydrogen (secondary N) is 2. The molecular formula is C17H17ClN2O2S. The van der Waals surface area contributed by atoms with Crippen molar-refractivity contribution in [3.05, 3.63) is 65.2 Å². The van der Waals surface area contributed by atoms with E-state index in [1.165, 1.54) is 0 Å². The summed E-state index contributed by atoms with van der Waals surface area (Å²) in [5.41, 5.74) is 5.33. The van der Waals surface area contributed by atoms with Gasteiger partial charge in [0.05, 0.1) is 0 Å². The van der Waals surface area contributed by atoms with Gasteiger partial charge < -0.3 is 0 Å². The SMILES string of the molecule is O=C(CCCSc1ccc(Cl)cc1)NNC(=O)c1ccccc1. The van der Waals surface area contributed by atoms with Gasteiger partial charge in [0.25, 0.3) is 5.91 Å². The fraction of sp³-hybridized carbons (Fsp3) is 0.176. The van der Waals surface area contributed by atoms with E-state index in [0.29, 0.717) is 17.0 Å². The van der Waals surface area contributed by atoms with Gasteiger partial charge in [0.15, 0.2) is 0 Å². The highest BCUT2D eigenvalue weighted by atomic mass is 35.5. The van der Waals surface area contributed by atoms with E-state index in [9.17, 15) is 9.59 Å². The Morgan fingerprint density at radius 3 is 2.35 bits per heavy atom. The molecule has 2 aromatic rings. The van der Waals surface area contributed by atoms with Gasteiger partial charge in [-0.15, -0.1) is 11.8 Å². The lowest BCUT2D eigenvalue weighted by atomic mass is 10.2. The second kappa shape index (κ2) is 9.22. The van der Waals surface area contributed by atoms with Crippen LogP contribution in [0.4, 0.5) is 0 Å². The number of carbonyl (C=O) groups is 2. The molecule has 0 heterocycles. The van der Waals surface area contributed by atoms with Crippen LogP contribution in [0.2, 0.25) is 5.02 Å². The zero-order chi connectivity index (χ0) is 16.5. The third-order valence-electron chi connectivity index (χ3n) is 2.98. The van der Waals surface area contributed by atoms with Crippen LogP contribution in [0.1, 0.15) is 23.2 Å². The first-order valence-electron chi connectivity index (χ1n) is 7.18. The molecule has 2 N–H and O–H groups in total. The molecule has 2 aromatic carbocycles. The summed E-state index contributed by atoms with van der Waals surface area (Å²) in [7, 11) is 0. The zero-order valence-corrected chi connectivity index (χ0v) is 14.0. The normalized spacial score (nSPS) is 10.1. The number of halogens is 1. The van der Waals surface area contributed by atoms with Gasteiger partial charge in [-0.05, 0) is 48.6 Å². The number of hydrazine groups is 1. The summed E-state index contributed by atoms with van der Waals surface area (Å²) in [4.78, 5) is 24.6. The van der Waals surface area contributed by atoms with Crippen LogP contribution in [0.25, 0.3) is 0 Å². The van der Waals surface area contributed by atoms with Crippen LogP contribution >= 0.6 is 23.4 Å². The average molecular weight is 349 g/mol. The van der Waals surface area contributed by atoms with Crippen LogP contribution in [0, 0.1) is 0 Å². The van der Waals surface area contributed by atoms with Gasteiger partial charge in [-0.2, -0.15) is 0 Å². The highest BCUT2D eigenvalue weighted by Gasteiger charge is 2.06. The Morgan fingerprint density at radius 2 is 1.65 bits per heavy atom. The molecule has 4 nitrogen and oxygen atoms in total. The van der Waals surface area contributed by atoms with Crippen molar-refractivity contribution in [1.29, 1.82) is 0 Å². The second-order valence-electron chi connectivity index (χ2n) is 4.77. The maximum atomic E-state index is 11.8. The van der Waals surface area contributed by atoms with Gasteiger partial charge >= 0.3 is 0 Å².